The minimum absolute atomic E-state index is 0.0815. The van der Waals surface area contributed by atoms with Crippen LogP contribution in [0.2, 0.25) is 0 Å². The highest BCUT2D eigenvalue weighted by atomic mass is 16.2. The van der Waals surface area contributed by atoms with Crippen molar-refractivity contribution in [3.63, 3.8) is 0 Å². The van der Waals surface area contributed by atoms with E-state index in [9.17, 15) is 14.4 Å². The van der Waals surface area contributed by atoms with E-state index in [0.29, 0.717) is 5.69 Å². The van der Waals surface area contributed by atoms with Crippen molar-refractivity contribution in [3.05, 3.63) is 42.0 Å². The highest BCUT2D eigenvalue weighted by Gasteiger charge is 2.56. The molecule has 130 valence electrons. The average molecular weight is 339 g/mol. The van der Waals surface area contributed by atoms with E-state index in [1.807, 2.05) is 25.1 Å². The van der Waals surface area contributed by atoms with Crippen LogP contribution in [-0.2, 0) is 9.59 Å². The molecule has 0 radical (unpaired) electrons. The van der Waals surface area contributed by atoms with Gasteiger partial charge in [0.25, 0.3) is 0 Å². The Hall–Kier alpha value is -2.63. The standard InChI is InChI=1S/C19H21N3O3/c1-11-4-2-3-5-14(11)21-19(25)20-10-22-17(23)15-12-6-7-13(9-8-12)16(15)18(22)24/h2-7,12-13,15-16H,8-10H2,1H3,(H2,20,21,25)/t12-,13-,15+,16+/m0/s1. The molecule has 1 aromatic carbocycles. The second-order valence-corrected chi connectivity index (χ2v) is 7.05. The SMILES string of the molecule is Cc1ccccc1NC(=O)NCN1C(=O)[C@H]2[C@H](C1=O)[C@H]1C=C[C@H]2CC1. The maximum Gasteiger partial charge on any atom is 0.320 e. The molecule has 4 amide bonds. The summed E-state index contributed by atoms with van der Waals surface area (Å²) < 4.78 is 0. The molecule has 0 aromatic heterocycles. The largest absolute Gasteiger partial charge is 0.320 e. The Kier molecular flexibility index (Phi) is 3.82. The zero-order chi connectivity index (χ0) is 17.6. The van der Waals surface area contributed by atoms with Crippen molar-refractivity contribution in [2.45, 2.75) is 19.8 Å². The van der Waals surface area contributed by atoms with Gasteiger partial charge in [-0.1, -0.05) is 30.4 Å². The zero-order valence-electron chi connectivity index (χ0n) is 14.1. The smallest absolute Gasteiger partial charge is 0.320 e. The highest BCUT2D eigenvalue weighted by molar-refractivity contribution is 6.06. The summed E-state index contributed by atoms with van der Waals surface area (Å²) in [5.74, 6) is -0.445. The molecule has 6 nitrogen and oxygen atoms in total. The van der Waals surface area contributed by atoms with Gasteiger partial charge in [-0.25, -0.2) is 4.79 Å². The zero-order valence-corrected chi connectivity index (χ0v) is 14.1. The van der Waals surface area contributed by atoms with Gasteiger partial charge in [0.05, 0.1) is 11.8 Å². The van der Waals surface area contributed by atoms with Gasteiger partial charge in [0.1, 0.15) is 6.67 Å². The van der Waals surface area contributed by atoms with Crippen molar-refractivity contribution in [1.29, 1.82) is 0 Å². The number of nitrogens with one attached hydrogen (secondary N) is 2. The molecule has 1 heterocycles. The van der Waals surface area contributed by atoms with Gasteiger partial charge in [0, 0.05) is 5.69 Å². The van der Waals surface area contributed by atoms with E-state index in [2.05, 4.69) is 22.8 Å². The summed E-state index contributed by atoms with van der Waals surface area (Å²) in [6.45, 7) is 1.82. The number of para-hydroxylation sites is 1. The number of amides is 4. The van der Waals surface area contributed by atoms with E-state index in [-0.39, 0.29) is 42.2 Å². The predicted octanol–water partition coefficient (Wildman–Crippen LogP) is 2.27. The van der Waals surface area contributed by atoms with Crippen LogP contribution < -0.4 is 10.6 Å². The van der Waals surface area contributed by atoms with E-state index in [0.717, 1.165) is 18.4 Å². The minimum Gasteiger partial charge on any atom is -0.320 e. The monoisotopic (exact) mass is 339 g/mol. The van der Waals surface area contributed by atoms with Gasteiger partial charge in [-0.3, -0.25) is 14.5 Å². The van der Waals surface area contributed by atoms with Gasteiger partial charge in [-0.05, 0) is 43.2 Å². The lowest BCUT2D eigenvalue weighted by Crippen LogP contribution is -2.43. The molecule has 5 rings (SSSR count). The number of allylic oxidation sites excluding steroid dienone is 2. The molecule has 2 bridgehead atoms. The van der Waals surface area contributed by atoms with Crippen LogP contribution in [-0.4, -0.2) is 29.4 Å². The highest BCUT2D eigenvalue weighted by Crippen LogP contribution is 2.49. The summed E-state index contributed by atoms with van der Waals surface area (Å²) in [5, 5.41) is 5.38. The molecule has 0 unspecified atom stereocenters. The number of aryl methyl sites for hydroxylation is 1. The lowest BCUT2D eigenvalue weighted by atomic mass is 9.63. The molecule has 1 saturated heterocycles. The molecular weight excluding hydrogens is 318 g/mol. The Labute approximate surface area is 146 Å². The van der Waals surface area contributed by atoms with Crippen LogP contribution in [0.5, 0.6) is 0 Å². The van der Waals surface area contributed by atoms with Crippen LogP contribution in [0.3, 0.4) is 0 Å². The molecule has 0 spiro atoms. The number of fused-ring (bicyclic) bond motifs is 1. The first-order valence-electron chi connectivity index (χ1n) is 8.70. The molecule has 1 aliphatic heterocycles. The Bertz CT molecular complexity index is 741. The van der Waals surface area contributed by atoms with Crippen molar-refractivity contribution in [3.8, 4) is 0 Å². The average Bonchev–Trinajstić information content (AvgIpc) is 2.89. The van der Waals surface area contributed by atoms with E-state index in [4.69, 9.17) is 0 Å². The molecule has 4 atom stereocenters. The summed E-state index contributed by atoms with van der Waals surface area (Å²) in [6, 6.07) is 7.01. The molecule has 25 heavy (non-hydrogen) atoms. The fraction of sp³-hybridized carbons (Fsp3) is 0.421. The van der Waals surface area contributed by atoms with E-state index in [1.165, 1.54) is 4.90 Å². The molecule has 4 aliphatic rings. The third kappa shape index (κ3) is 2.62. The number of hydrogen-bond acceptors (Lipinski definition) is 3. The van der Waals surface area contributed by atoms with Gasteiger partial charge >= 0.3 is 6.03 Å². The van der Waals surface area contributed by atoms with Crippen LogP contribution in [0.15, 0.2) is 36.4 Å². The lowest BCUT2D eigenvalue weighted by Gasteiger charge is -2.38. The summed E-state index contributed by atoms with van der Waals surface area (Å²) >= 11 is 0. The number of likely N-dealkylation sites (tertiary alicyclic amines) is 1. The molecule has 1 aromatic rings. The van der Waals surface area contributed by atoms with Crippen molar-refractivity contribution in [2.24, 2.45) is 23.7 Å². The van der Waals surface area contributed by atoms with Crippen LogP contribution in [0.25, 0.3) is 0 Å². The molecule has 3 aliphatic carbocycles. The summed E-state index contributed by atoms with van der Waals surface area (Å²) in [5.41, 5.74) is 1.65. The van der Waals surface area contributed by atoms with Gasteiger partial charge in [-0.15, -0.1) is 0 Å². The second kappa shape index (κ2) is 6.02. The molecule has 2 N–H and O–H groups in total. The van der Waals surface area contributed by atoms with Crippen molar-refractivity contribution in [1.82, 2.24) is 10.2 Å². The first-order chi connectivity index (χ1) is 12.1. The topological polar surface area (TPSA) is 78.5 Å². The Balaban J connectivity index is 1.40. The number of carbonyl (C=O) groups excluding carboxylic acids is 3. The summed E-state index contributed by atoms with van der Waals surface area (Å²) in [7, 11) is 0. The van der Waals surface area contributed by atoms with Crippen molar-refractivity contribution >= 4 is 23.5 Å². The van der Waals surface area contributed by atoms with Crippen molar-refractivity contribution < 1.29 is 14.4 Å². The number of carbonyl (C=O) groups is 3. The fourth-order valence-electron chi connectivity index (χ4n) is 4.32. The fourth-order valence-corrected chi connectivity index (χ4v) is 4.32. The number of benzene rings is 1. The molecular formula is C19H21N3O3. The van der Waals surface area contributed by atoms with Gasteiger partial charge in [0.2, 0.25) is 11.8 Å². The third-order valence-corrected chi connectivity index (χ3v) is 5.64. The Morgan fingerprint density at radius 3 is 2.24 bits per heavy atom. The van der Waals surface area contributed by atoms with E-state index >= 15 is 0 Å². The normalized spacial score (nSPS) is 29.7. The molecule has 6 heteroatoms. The first kappa shape index (κ1) is 15.9. The van der Waals surface area contributed by atoms with E-state index in [1.54, 1.807) is 6.07 Å². The molecule has 2 fully saturated rings. The lowest BCUT2D eigenvalue weighted by molar-refractivity contribution is -0.140. The number of anilines is 1. The summed E-state index contributed by atoms with van der Waals surface area (Å²) in [6.07, 6.45) is 6.11. The number of nitrogens with zero attached hydrogens (tertiary/aromatic N) is 1. The van der Waals surface area contributed by atoms with Gasteiger partial charge in [-0.2, -0.15) is 0 Å². The van der Waals surface area contributed by atoms with Crippen LogP contribution in [0.1, 0.15) is 18.4 Å². The van der Waals surface area contributed by atoms with Gasteiger partial charge in [0.15, 0.2) is 0 Å². The molecule has 1 saturated carbocycles. The number of imide groups is 1. The summed E-state index contributed by atoms with van der Waals surface area (Å²) in [4.78, 5) is 38.6. The number of hydrogen-bond donors (Lipinski definition) is 2. The maximum atomic E-state index is 12.7. The number of urea groups is 1. The number of rotatable bonds is 3. The second-order valence-electron chi connectivity index (χ2n) is 7.05. The quantitative estimate of drug-likeness (QED) is 0.655. The third-order valence-electron chi connectivity index (χ3n) is 5.64. The van der Waals surface area contributed by atoms with Gasteiger partial charge < -0.3 is 10.6 Å². The van der Waals surface area contributed by atoms with Crippen molar-refractivity contribution in [2.75, 3.05) is 12.0 Å². The maximum absolute atomic E-state index is 12.7. The minimum atomic E-state index is -0.425. The predicted molar refractivity (Wildman–Crippen MR) is 92.4 cm³/mol. The Morgan fingerprint density at radius 2 is 1.68 bits per heavy atom. The Morgan fingerprint density at radius 1 is 1.08 bits per heavy atom. The van der Waals surface area contributed by atoms with Crippen LogP contribution in [0.4, 0.5) is 10.5 Å². The first-order valence-corrected chi connectivity index (χ1v) is 8.70. The van der Waals surface area contributed by atoms with Crippen LogP contribution in [0, 0.1) is 30.6 Å². The van der Waals surface area contributed by atoms with E-state index < -0.39 is 6.03 Å². The van der Waals surface area contributed by atoms with Crippen LogP contribution >= 0.6 is 0 Å².